The summed E-state index contributed by atoms with van der Waals surface area (Å²) in [5.41, 5.74) is 5.76. The molecule has 1 aromatic rings. The van der Waals surface area contributed by atoms with Gasteiger partial charge in [0, 0.05) is 12.6 Å². The SMILES string of the molecule is CC1C=C(C2=NC(c3ccccc3)N(C)N2)C=CC1. The van der Waals surface area contributed by atoms with Gasteiger partial charge < -0.3 is 5.43 Å². The van der Waals surface area contributed by atoms with Crippen LogP contribution in [-0.4, -0.2) is 17.9 Å². The van der Waals surface area contributed by atoms with E-state index in [1.807, 2.05) is 13.1 Å². The first-order valence-electron chi connectivity index (χ1n) is 6.75. The lowest BCUT2D eigenvalue weighted by atomic mass is 9.97. The van der Waals surface area contributed by atoms with Crippen molar-refractivity contribution in [2.45, 2.75) is 19.5 Å². The third-order valence-corrected chi connectivity index (χ3v) is 3.54. The molecule has 3 nitrogen and oxygen atoms in total. The Morgan fingerprint density at radius 1 is 1.26 bits per heavy atom. The van der Waals surface area contributed by atoms with Gasteiger partial charge >= 0.3 is 0 Å². The number of hydrogen-bond donors (Lipinski definition) is 1. The second kappa shape index (κ2) is 5.02. The van der Waals surface area contributed by atoms with Crippen LogP contribution in [0.4, 0.5) is 0 Å². The zero-order chi connectivity index (χ0) is 13.2. The molecule has 0 fully saturated rings. The highest BCUT2D eigenvalue weighted by molar-refractivity contribution is 6.01. The Labute approximate surface area is 114 Å². The molecule has 0 amide bonds. The van der Waals surface area contributed by atoms with Crippen LogP contribution in [0.1, 0.15) is 25.1 Å². The first-order chi connectivity index (χ1) is 9.24. The average molecular weight is 253 g/mol. The van der Waals surface area contributed by atoms with E-state index in [-0.39, 0.29) is 6.17 Å². The molecule has 19 heavy (non-hydrogen) atoms. The van der Waals surface area contributed by atoms with Crippen molar-refractivity contribution >= 4 is 5.84 Å². The minimum absolute atomic E-state index is 0.0581. The number of rotatable bonds is 2. The fourth-order valence-corrected chi connectivity index (χ4v) is 2.53. The van der Waals surface area contributed by atoms with Gasteiger partial charge in [0.25, 0.3) is 0 Å². The highest BCUT2D eigenvalue weighted by Crippen LogP contribution is 2.26. The number of benzene rings is 1. The van der Waals surface area contributed by atoms with Crippen LogP contribution in [0.3, 0.4) is 0 Å². The number of hydrazine groups is 1. The van der Waals surface area contributed by atoms with Crippen molar-refractivity contribution in [1.82, 2.24) is 10.4 Å². The highest BCUT2D eigenvalue weighted by Gasteiger charge is 2.25. The molecular formula is C16H19N3. The molecule has 0 aromatic heterocycles. The molecule has 0 spiro atoms. The van der Waals surface area contributed by atoms with Gasteiger partial charge in [-0.05, 0) is 17.9 Å². The molecule has 3 rings (SSSR count). The van der Waals surface area contributed by atoms with Gasteiger partial charge in [-0.1, -0.05) is 55.5 Å². The maximum Gasteiger partial charge on any atom is 0.146 e. The molecule has 2 unspecified atom stereocenters. The molecule has 1 aromatic carbocycles. The minimum Gasteiger partial charge on any atom is -0.301 e. The monoisotopic (exact) mass is 253 g/mol. The first kappa shape index (κ1) is 12.2. The lowest BCUT2D eigenvalue weighted by Crippen LogP contribution is -2.34. The molecule has 1 aliphatic heterocycles. The second-order valence-electron chi connectivity index (χ2n) is 5.22. The molecule has 3 heteroatoms. The molecule has 0 saturated heterocycles. The minimum atomic E-state index is 0.0581. The third kappa shape index (κ3) is 2.47. The largest absolute Gasteiger partial charge is 0.301 e. The van der Waals surface area contributed by atoms with E-state index in [4.69, 9.17) is 4.99 Å². The molecular weight excluding hydrogens is 234 g/mol. The van der Waals surface area contributed by atoms with Crippen LogP contribution in [-0.2, 0) is 0 Å². The van der Waals surface area contributed by atoms with Crippen LogP contribution in [0, 0.1) is 5.92 Å². The van der Waals surface area contributed by atoms with Crippen LogP contribution in [0.5, 0.6) is 0 Å². The molecule has 2 aliphatic rings. The lowest BCUT2D eigenvalue weighted by molar-refractivity contribution is 0.243. The summed E-state index contributed by atoms with van der Waals surface area (Å²) in [7, 11) is 2.03. The summed E-state index contributed by atoms with van der Waals surface area (Å²) in [4.78, 5) is 4.81. The quantitative estimate of drug-likeness (QED) is 0.877. The van der Waals surface area contributed by atoms with E-state index in [9.17, 15) is 0 Å². The summed E-state index contributed by atoms with van der Waals surface area (Å²) in [5, 5.41) is 2.05. The van der Waals surface area contributed by atoms with Crippen molar-refractivity contribution in [1.29, 1.82) is 0 Å². The number of aliphatic imine (C=N–C) groups is 1. The molecule has 2 atom stereocenters. The third-order valence-electron chi connectivity index (χ3n) is 3.54. The number of amidine groups is 1. The first-order valence-corrected chi connectivity index (χ1v) is 6.75. The fraction of sp³-hybridized carbons (Fsp3) is 0.312. The molecule has 1 heterocycles. The number of hydrogen-bond acceptors (Lipinski definition) is 3. The van der Waals surface area contributed by atoms with Crippen LogP contribution < -0.4 is 5.43 Å². The van der Waals surface area contributed by atoms with Crippen LogP contribution >= 0.6 is 0 Å². The summed E-state index contributed by atoms with van der Waals surface area (Å²) in [5.74, 6) is 1.56. The Balaban J connectivity index is 1.88. The summed E-state index contributed by atoms with van der Waals surface area (Å²) in [6, 6.07) is 10.4. The van der Waals surface area contributed by atoms with E-state index in [2.05, 4.69) is 59.9 Å². The van der Waals surface area contributed by atoms with Crippen molar-refractivity contribution in [3.05, 3.63) is 59.7 Å². The van der Waals surface area contributed by atoms with Gasteiger partial charge in [0.1, 0.15) is 12.0 Å². The number of nitrogens with zero attached hydrogens (tertiary/aromatic N) is 2. The maximum absolute atomic E-state index is 4.81. The Morgan fingerprint density at radius 2 is 2.05 bits per heavy atom. The Morgan fingerprint density at radius 3 is 2.79 bits per heavy atom. The van der Waals surface area contributed by atoms with E-state index in [1.165, 1.54) is 11.1 Å². The van der Waals surface area contributed by atoms with Crippen LogP contribution in [0.25, 0.3) is 0 Å². The van der Waals surface area contributed by atoms with Gasteiger partial charge in [-0.15, -0.1) is 0 Å². The Kier molecular flexibility index (Phi) is 3.22. The van der Waals surface area contributed by atoms with E-state index in [1.54, 1.807) is 0 Å². The Hall–Kier alpha value is -1.87. The summed E-state index contributed by atoms with van der Waals surface area (Å²) in [6.45, 7) is 2.23. The molecule has 0 bridgehead atoms. The van der Waals surface area contributed by atoms with E-state index in [0.29, 0.717) is 5.92 Å². The zero-order valence-corrected chi connectivity index (χ0v) is 11.4. The normalized spacial score (nSPS) is 26.8. The predicted octanol–water partition coefficient (Wildman–Crippen LogP) is 3.06. The summed E-state index contributed by atoms with van der Waals surface area (Å²) in [6.07, 6.45) is 7.84. The van der Waals surface area contributed by atoms with Crippen molar-refractivity contribution in [2.24, 2.45) is 10.9 Å². The van der Waals surface area contributed by atoms with Gasteiger partial charge in [-0.2, -0.15) is 5.01 Å². The lowest BCUT2D eigenvalue weighted by Gasteiger charge is -2.18. The van der Waals surface area contributed by atoms with E-state index >= 15 is 0 Å². The molecule has 0 radical (unpaired) electrons. The average Bonchev–Trinajstić information content (AvgIpc) is 2.82. The predicted molar refractivity (Wildman–Crippen MR) is 78.5 cm³/mol. The van der Waals surface area contributed by atoms with Gasteiger partial charge in [0.05, 0.1) is 0 Å². The standard InChI is InChI=1S/C16H19N3/c1-12-7-6-10-14(11-12)15-17-16(19(2)18-15)13-8-4-3-5-9-13/h3-6,8-12,16H,7H2,1-2H3,(H,17,18). The molecule has 98 valence electrons. The zero-order valence-electron chi connectivity index (χ0n) is 11.4. The van der Waals surface area contributed by atoms with E-state index in [0.717, 1.165) is 12.3 Å². The van der Waals surface area contributed by atoms with Crippen molar-refractivity contribution in [2.75, 3.05) is 7.05 Å². The van der Waals surface area contributed by atoms with Crippen LogP contribution in [0.2, 0.25) is 0 Å². The highest BCUT2D eigenvalue weighted by atomic mass is 15.6. The second-order valence-corrected chi connectivity index (χ2v) is 5.22. The van der Waals surface area contributed by atoms with E-state index < -0.39 is 0 Å². The molecule has 1 N–H and O–H groups in total. The van der Waals surface area contributed by atoms with Gasteiger partial charge in [0.15, 0.2) is 0 Å². The number of allylic oxidation sites excluding steroid dienone is 2. The summed E-state index contributed by atoms with van der Waals surface area (Å²) >= 11 is 0. The number of nitrogens with one attached hydrogen (secondary N) is 1. The van der Waals surface area contributed by atoms with Crippen molar-refractivity contribution in [3.63, 3.8) is 0 Å². The maximum atomic E-state index is 4.81. The van der Waals surface area contributed by atoms with Crippen molar-refractivity contribution < 1.29 is 0 Å². The Bertz CT molecular complexity index is 542. The molecule has 1 aliphatic carbocycles. The molecule has 0 saturated carbocycles. The van der Waals surface area contributed by atoms with Gasteiger partial charge in [-0.3, -0.25) is 0 Å². The summed E-state index contributed by atoms with van der Waals surface area (Å²) < 4.78 is 0. The topological polar surface area (TPSA) is 27.6 Å². The van der Waals surface area contributed by atoms with Crippen LogP contribution in [0.15, 0.2) is 59.1 Å². The van der Waals surface area contributed by atoms with Gasteiger partial charge in [0.2, 0.25) is 0 Å². The van der Waals surface area contributed by atoms with Crippen molar-refractivity contribution in [3.8, 4) is 0 Å². The smallest absolute Gasteiger partial charge is 0.146 e. The van der Waals surface area contributed by atoms with Gasteiger partial charge in [-0.25, -0.2) is 4.99 Å². The fourth-order valence-electron chi connectivity index (χ4n) is 2.53.